The molecule has 0 aromatic carbocycles. The van der Waals surface area contributed by atoms with Gasteiger partial charge < -0.3 is 15.6 Å². The highest BCUT2D eigenvalue weighted by Gasteiger charge is 2.06. The van der Waals surface area contributed by atoms with E-state index >= 15 is 0 Å². The molecule has 1 atom stereocenters. The Bertz CT molecular complexity index is 266. The fourth-order valence-corrected chi connectivity index (χ4v) is 0.987. The number of hydrogen-bond donors (Lipinski definition) is 2. The van der Waals surface area contributed by atoms with E-state index in [0.717, 1.165) is 0 Å². The first-order valence-electron chi connectivity index (χ1n) is 4.24. The summed E-state index contributed by atoms with van der Waals surface area (Å²) in [4.78, 5) is 3.98. The number of aromatic nitrogens is 1. The molecule has 0 amide bonds. The molecule has 1 aromatic rings. The molecule has 1 aromatic heterocycles. The fourth-order valence-electron chi connectivity index (χ4n) is 0.987. The van der Waals surface area contributed by atoms with Gasteiger partial charge in [-0.3, -0.25) is 4.98 Å². The lowest BCUT2D eigenvalue weighted by Gasteiger charge is -2.08. The van der Waals surface area contributed by atoms with Crippen molar-refractivity contribution in [3.05, 3.63) is 24.0 Å². The summed E-state index contributed by atoms with van der Waals surface area (Å²) in [5, 5.41) is 9.38. The Labute approximate surface area is 77.4 Å². The molecule has 0 saturated carbocycles. The standard InChI is InChI=1S/C9H14N2O2/c1-2-13-7-3-4-11-8(5-7)9(12)6-10/h3-5,9,12H,2,6,10H2,1H3. The van der Waals surface area contributed by atoms with Crippen molar-refractivity contribution in [3.8, 4) is 5.75 Å². The summed E-state index contributed by atoms with van der Waals surface area (Å²) in [6, 6.07) is 3.44. The number of rotatable bonds is 4. The highest BCUT2D eigenvalue weighted by Crippen LogP contribution is 2.15. The second kappa shape index (κ2) is 4.79. The van der Waals surface area contributed by atoms with Crippen LogP contribution in [0.5, 0.6) is 5.75 Å². The lowest BCUT2D eigenvalue weighted by Crippen LogP contribution is -2.12. The average Bonchev–Trinajstić information content (AvgIpc) is 2.18. The van der Waals surface area contributed by atoms with Gasteiger partial charge in [-0.1, -0.05) is 0 Å². The van der Waals surface area contributed by atoms with Gasteiger partial charge in [-0.2, -0.15) is 0 Å². The largest absolute Gasteiger partial charge is 0.494 e. The Balaban J connectivity index is 2.78. The second-order valence-corrected chi connectivity index (χ2v) is 2.60. The molecule has 0 spiro atoms. The third kappa shape index (κ3) is 2.68. The van der Waals surface area contributed by atoms with Gasteiger partial charge >= 0.3 is 0 Å². The molecule has 0 bridgehead atoms. The zero-order valence-electron chi connectivity index (χ0n) is 7.60. The van der Waals surface area contributed by atoms with Crippen LogP contribution in [0.2, 0.25) is 0 Å². The van der Waals surface area contributed by atoms with E-state index in [0.29, 0.717) is 18.1 Å². The van der Waals surface area contributed by atoms with Crippen LogP contribution < -0.4 is 10.5 Å². The van der Waals surface area contributed by atoms with Crippen molar-refractivity contribution in [3.63, 3.8) is 0 Å². The number of nitrogens with zero attached hydrogens (tertiary/aromatic N) is 1. The Morgan fingerprint density at radius 2 is 2.46 bits per heavy atom. The van der Waals surface area contributed by atoms with Gasteiger partial charge in [0.15, 0.2) is 0 Å². The maximum atomic E-state index is 9.38. The van der Waals surface area contributed by atoms with E-state index in [4.69, 9.17) is 10.5 Å². The van der Waals surface area contributed by atoms with Crippen LogP contribution in [-0.2, 0) is 0 Å². The highest BCUT2D eigenvalue weighted by atomic mass is 16.5. The zero-order chi connectivity index (χ0) is 9.68. The zero-order valence-corrected chi connectivity index (χ0v) is 7.60. The van der Waals surface area contributed by atoms with Crippen molar-refractivity contribution in [1.82, 2.24) is 4.98 Å². The van der Waals surface area contributed by atoms with Crippen LogP contribution in [0.4, 0.5) is 0 Å². The van der Waals surface area contributed by atoms with Crippen LogP contribution in [-0.4, -0.2) is 23.2 Å². The topological polar surface area (TPSA) is 68.4 Å². The molecule has 72 valence electrons. The summed E-state index contributed by atoms with van der Waals surface area (Å²) in [6.45, 7) is 2.67. The smallest absolute Gasteiger partial charge is 0.122 e. The molecule has 0 aliphatic carbocycles. The molecule has 4 nitrogen and oxygen atoms in total. The molecule has 0 fully saturated rings. The SMILES string of the molecule is CCOc1ccnc(C(O)CN)c1. The molecule has 3 N–H and O–H groups in total. The summed E-state index contributed by atoms with van der Waals surface area (Å²) >= 11 is 0. The monoisotopic (exact) mass is 182 g/mol. The normalized spacial score (nSPS) is 12.5. The van der Waals surface area contributed by atoms with Crippen LogP contribution in [0, 0.1) is 0 Å². The van der Waals surface area contributed by atoms with E-state index in [1.165, 1.54) is 0 Å². The van der Waals surface area contributed by atoms with E-state index < -0.39 is 6.10 Å². The minimum Gasteiger partial charge on any atom is -0.494 e. The molecule has 4 heteroatoms. The lowest BCUT2D eigenvalue weighted by molar-refractivity contribution is 0.181. The molecular weight excluding hydrogens is 168 g/mol. The average molecular weight is 182 g/mol. The van der Waals surface area contributed by atoms with E-state index in [1.807, 2.05) is 6.92 Å². The maximum absolute atomic E-state index is 9.38. The maximum Gasteiger partial charge on any atom is 0.122 e. The first kappa shape index (κ1) is 9.95. The predicted octanol–water partition coefficient (Wildman–Crippen LogP) is 0.472. The van der Waals surface area contributed by atoms with Crippen molar-refractivity contribution in [2.45, 2.75) is 13.0 Å². The molecule has 1 unspecified atom stereocenters. The fraction of sp³-hybridized carbons (Fsp3) is 0.444. The summed E-state index contributed by atoms with van der Waals surface area (Å²) in [6.07, 6.45) is 0.888. The Hall–Kier alpha value is -1.13. The molecule has 1 rings (SSSR count). The Morgan fingerprint density at radius 1 is 1.69 bits per heavy atom. The first-order valence-corrected chi connectivity index (χ1v) is 4.24. The van der Waals surface area contributed by atoms with Crippen LogP contribution in [0.3, 0.4) is 0 Å². The molecule has 0 aliphatic rings. The van der Waals surface area contributed by atoms with Gasteiger partial charge in [0.05, 0.1) is 12.3 Å². The van der Waals surface area contributed by atoms with Crippen LogP contribution in [0.25, 0.3) is 0 Å². The number of aliphatic hydroxyl groups excluding tert-OH is 1. The number of hydrogen-bond acceptors (Lipinski definition) is 4. The Kier molecular flexibility index (Phi) is 3.67. The minimum atomic E-state index is -0.708. The van der Waals surface area contributed by atoms with Gasteiger partial charge in [-0.25, -0.2) is 0 Å². The van der Waals surface area contributed by atoms with Crippen molar-refractivity contribution >= 4 is 0 Å². The lowest BCUT2D eigenvalue weighted by atomic mass is 10.2. The second-order valence-electron chi connectivity index (χ2n) is 2.60. The number of ether oxygens (including phenoxy) is 1. The van der Waals surface area contributed by atoms with Gasteiger partial charge in [0.2, 0.25) is 0 Å². The molecule has 0 saturated heterocycles. The van der Waals surface area contributed by atoms with Crippen molar-refractivity contribution in [2.75, 3.05) is 13.2 Å². The summed E-state index contributed by atoms with van der Waals surface area (Å²) in [5.41, 5.74) is 5.85. The van der Waals surface area contributed by atoms with Crippen molar-refractivity contribution in [1.29, 1.82) is 0 Å². The van der Waals surface area contributed by atoms with E-state index in [-0.39, 0.29) is 6.54 Å². The number of aliphatic hydroxyl groups is 1. The van der Waals surface area contributed by atoms with Gasteiger partial charge in [-0.15, -0.1) is 0 Å². The molecular formula is C9H14N2O2. The van der Waals surface area contributed by atoms with E-state index in [9.17, 15) is 5.11 Å². The Morgan fingerprint density at radius 3 is 3.08 bits per heavy atom. The minimum absolute atomic E-state index is 0.169. The van der Waals surface area contributed by atoms with Crippen molar-refractivity contribution in [2.24, 2.45) is 5.73 Å². The van der Waals surface area contributed by atoms with Crippen LogP contribution in [0.1, 0.15) is 18.7 Å². The summed E-state index contributed by atoms with van der Waals surface area (Å²) in [7, 11) is 0. The third-order valence-electron chi connectivity index (χ3n) is 1.63. The van der Waals surface area contributed by atoms with Crippen LogP contribution in [0.15, 0.2) is 18.3 Å². The molecule has 0 radical (unpaired) electrons. The first-order chi connectivity index (χ1) is 6.27. The van der Waals surface area contributed by atoms with E-state index in [1.54, 1.807) is 18.3 Å². The van der Waals surface area contributed by atoms with Crippen molar-refractivity contribution < 1.29 is 9.84 Å². The van der Waals surface area contributed by atoms with Gasteiger partial charge in [-0.05, 0) is 13.0 Å². The van der Waals surface area contributed by atoms with Crippen LogP contribution >= 0.6 is 0 Å². The molecule has 0 aliphatic heterocycles. The van der Waals surface area contributed by atoms with Gasteiger partial charge in [0.25, 0.3) is 0 Å². The number of nitrogens with two attached hydrogens (primary N) is 1. The van der Waals surface area contributed by atoms with Gasteiger partial charge in [0, 0.05) is 18.8 Å². The number of pyridine rings is 1. The molecule has 1 heterocycles. The van der Waals surface area contributed by atoms with Gasteiger partial charge in [0.1, 0.15) is 11.9 Å². The third-order valence-corrected chi connectivity index (χ3v) is 1.63. The predicted molar refractivity (Wildman–Crippen MR) is 49.4 cm³/mol. The summed E-state index contributed by atoms with van der Waals surface area (Å²) in [5.74, 6) is 0.708. The summed E-state index contributed by atoms with van der Waals surface area (Å²) < 4.78 is 5.25. The highest BCUT2D eigenvalue weighted by molar-refractivity contribution is 5.23. The van der Waals surface area contributed by atoms with E-state index in [2.05, 4.69) is 4.98 Å². The molecule has 13 heavy (non-hydrogen) atoms. The quantitative estimate of drug-likeness (QED) is 0.710.